The lowest BCUT2D eigenvalue weighted by Gasteiger charge is -2.22. The molecule has 1 fully saturated rings. The first-order valence-corrected chi connectivity index (χ1v) is 8.00. The summed E-state index contributed by atoms with van der Waals surface area (Å²) in [7, 11) is 0. The van der Waals surface area contributed by atoms with E-state index in [1.54, 1.807) is 6.07 Å². The van der Waals surface area contributed by atoms with Crippen LogP contribution in [-0.2, 0) is 0 Å². The van der Waals surface area contributed by atoms with Crippen molar-refractivity contribution in [1.82, 2.24) is 5.32 Å². The largest absolute Gasteiger partial charge is 0.506 e. The smallest absolute Gasteiger partial charge is 0.255 e. The average Bonchev–Trinajstić information content (AvgIpc) is 2.49. The normalized spacial score (nSPS) is 16.2. The van der Waals surface area contributed by atoms with Crippen molar-refractivity contribution in [1.29, 1.82) is 0 Å². The highest BCUT2D eigenvalue weighted by Crippen LogP contribution is 2.28. The lowest BCUT2D eigenvalue weighted by atomic mass is 10.0. The Balaban J connectivity index is 1.85. The van der Waals surface area contributed by atoms with Gasteiger partial charge in [0.25, 0.3) is 5.91 Å². The second kappa shape index (κ2) is 5.75. The van der Waals surface area contributed by atoms with Gasteiger partial charge < -0.3 is 10.4 Å². The van der Waals surface area contributed by atoms with Crippen LogP contribution in [0.25, 0.3) is 10.8 Å². The molecule has 0 bridgehead atoms. The second-order valence-electron chi connectivity index (χ2n) is 5.04. The van der Waals surface area contributed by atoms with Crippen LogP contribution in [-0.4, -0.2) is 28.6 Å². The Hall–Kier alpha value is -1.68. The highest BCUT2D eigenvalue weighted by atomic mass is 32.2. The Morgan fingerprint density at radius 3 is 2.70 bits per heavy atom. The summed E-state index contributed by atoms with van der Waals surface area (Å²) in [6.45, 7) is 0. The molecule has 2 aromatic carbocycles. The van der Waals surface area contributed by atoms with E-state index in [0.29, 0.717) is 5.56 Å². The van der Waals surface area contributed by atoms with E-state index >= 15 is 0 Å². The Kier molecular flexibility index (Phi) is 3.83. The molecular formula is C16H17NO2S. The molecule has 0 unspecified atom stereocenters. The van der Waals surface area contributed by atoms with Crippen molar-refractivity contribution in [2.75, 3.05) is 11.5 Å². The predicted molar refractivity (Wildman–Crippen MR) is 83.4 cm³/mol. The lowest BCUT2D eigenvalue weighted by molar-refractivity contribution is 0.0932. The number of nitrogens with one attached hydrogen (secondary N) is 1. The third-order valence-corrected chi connectivity index (χ3v) is 4.75. The van der Waals surface area contributed by atoms with Gasteiger partial charge in [0.1, 0.15) is 5.75 Å². The molecule has 0 aromatic heterocycles. The number of phenolic OH excluding ortho intramolecular Hbond substituents is 1. The summed E-state index contributed by atoms with van der Waals surface area (Å²) in [4.78, 5) is 12.3. The van der Waals surface area contributed by atoms with Crippen LogP contribution in [0.5, 0.6) is 5.75 Å². The fraction of sp³-hybridized carbons (Fsp3) is 0.312. The number of benzene rings is 2. The Morgan fingerprint density at radius 2 is 1.90 bits per heavy atom. The van der Waals surface area contributed by atoms with E-state index in [0.717, 1.165) is 35.1 Å². The number of carbonyl (C=O) groups excluding carboxylic acids is 1. The summed E-state index contributed by atoms with van der Waals surface area (Å²) in [5.74, 6) is 2.08. The van der Waals surface area contributed by atoms with Gasteiger partial charge in [0, 0.05) is 11.4 Å². The fourth-order valence-electron chi connectivity index (χ4n) is 2.54. The van der Waals surface area contributed by atoms with Crippen molar-refractivity contribution in [3.05, 3.63) is 42.0 Å². The predicted octanol–water partition coefficient (Wildman–Crippen LogP) is 3.17. The number of amides is 1. The van der Waals surface area contributed by atoms with Gasteiger partial charge in [0.05, 0.1) is 5.56 Å². The summed E-state index contributed by atoms with van der Waals surface area (Å²) in [5, 5.41) is 15.0. The molecule has 1 amide bonds. The quantitative estimate of drug-likeness (QED) is 0.892. The third kappa shape index (κ3) is 2.61. The molecular weight excluding hydrogens is 270 g/mol. The number of hydrogen-bond acceptors (Lipinski definition) is 3. The van der Waals surface area contributed by atoms with Gasteiger partial charge in [-0.25, -0.2) is 0 Å². The molecule has 1 saturated heterocycles. The van der Waals surface area contributed by atoms with E-state index in [1.807, 2.05) is 42.1 Å². The van der Waals surface area contributed by atoms with Crippen LogP contribution in [0.2, 0.25) is 0 Å². The van der Waals surface area contributed by atoms with E-state index in [-0.39, 0.29) is 17.7 Å². The molecule has 20 heavy (non-hydrogen) atoms. The zero-order valence-corrected chi connectivity index (χ0v) is 12.0. The second-order valence-corrected chi connectivity index (χ2v) is 6.27. The molecule has 2 aromatic rings. The van der Waals surface area contributed by atoms with Crippen LogP contribution in [0.1, 0.15) is 23.2 Å². The topological polar surface area (TPSA) is 49.3 Å². The van der Waals surface area contributed by atoms with Crippen LogP contribution in [0.15, 0.2) is 36.4 Å². The molecule has 0 spiro atoms. The van der Waals surface area contributed by atoms with Crippen molar-refractivity contribution in [3.8, 4) is 5.75 Å². The first kappa shape index (κ1) is 13.3. The minimum Gasteiger partial charge on any atom is -0.506 e. The molecule has 0 radical (unpaired) electrons. The van der Waals surface area contributed by atoms with Crippen LogP contribution in [0.3, 0.4) is 0 Å². The van der Waals surface area contributed by atoms with Gasteiger partial charge in [-0.15, -0.1) is 0 Å². The van der Waals surface area contributed by atoms with Crippen molar-refractivity contribution in [2.24, 2.45) is 0 Å². The molecule has 104 valence electrons. The number of fused-ring (bicyclic) bond motifs is 1. The number of thioether (sulfide) groups is 1. The number of hydrogen-bond donors (Lipinski definition) is 2. The van der Waals surface area contributed by atoms with Crippen LogP contribution < -0.4 is 5.32 Å². The maximum Gasteiger partial charge on any atom is 0.255 e. The lowest BCUT2D eigenvalue weighted by Crippen LogP contribution is -2.37. The molecule has 1 aliphatic heterocycles. The first-order chi connectivity index (χ1) is 9.75. The molecule has 0 aliphatic carbocycles. The van der Waals surface area contributed by atoms with E-state index in [4.69, 9.17) is 0 Å². The van der Waals surface area contributed by atoms with E-state index in [1.165, 1.54) is 0 Å². The molecule has 1 heterocycles. The van der Waals surface area contributed by atoms with Crippen molar-refractivity contribution in [3.63, 3.8) is 0 Å². The SMILES string of the molecule is O=C(NC1CCSCC1)c1ccc2ccccc2c1O. The van der Waals surface area contributed by atoms with Gasteiger partial charge in [-0.3, -0.25) is 4.79 Å². The summed E-state index contributed by atoms with van der Waals surface area (Å²) >= 11 is 1.93. The van der Waals surface area contributed by atoms with Gasteiger partial charge in [0.15, 0.2) is 0 Å². The van der Waals surface area contributed by atoms with Gasteiger partial charge in [0.2, 0.25) is 0 Å². The summed E-state index contributed by atoms with van der Waals surface area (Å²) in [6, 6.07) is 11.3. The fourth-order valence-corrected chi connectivity index (χ4v) is 3.65. The minimum absolute atomic E-state index is 0.0748. The van der Waals surface area contributed by atoms with E-state index in [2.05, 4.69) is 5.32 Å². The van der Waals surface area contributed by atoms with E-state index < -0.39 is 0 Å². The molecule has 3 nitrogen and oxygen atoms in total. The molecule has 1 aliphatic rings. The van der Waals surface area contributed by atoms with E-state index in [9.17, 15) is 9.90 Å². The van der Waals surface area contributed by atoms with Crippen molar-refractivity contribution in [2.45, 2.75) is 18.9 Å². The summed E-state index contributed by atoms with van der Waals surface area (Å²) in [6.07, 6.45) is 2.01. The number of aromatic hydroxyl groups is 1. The summed E-state index contributed by atoms with van der Waals surface area (Å²) in [5.41, 5.74) is 0.363. The van der Waals surface area contributed by atoms with Crippen LogP contribution in [0.4, 0.5) is 0 Å². The first-order valence-electron chi connectivity index (χ1n) is 6.85. The Bertz CT molecular complexity index is 635. The number of carbonyl (C=O) groups is 1. The highest BCUT2D eigenvalue weighted by molar-refractivity contribution is 7.99. The molecule has 2 N–H and O–H groups in total. The number of rotatable bonds is 2. The summed E-state index contributed by atoms with van der Waals surface area (Å²) < 4.78 is 0. The maximum atomic E-state index is 12.3. The van der Waals surface area contributed by atoms with Crippen LogP contribution >= 0.6 is 11.8 Å². The minimum atomic E-state index is -0.176. The van der Waals surface area contributed by atoms with Crippen LogP contribution in [0, 0.1) is 0 Å². The Morgan fingerprint density at radius 1 is 1.15 bits per heavy atom. The average molecular weight is 287 g/mol. The Labute approximate surface area is 122 Å². The number of phenols is 1. The van der Waals surface area contributed by atoms with Gasteiger partial charge in [-0.1, -0.05) is 30.3 Å². The molecule has 0 saturated carbocycles. The third-order valence-electron chi connectivity index (χ3n) is 3.70. The van der Waals surface area contributed by atoms with Crippen molar-refractivity contribution < 1.29 is 9.90 Å². The zero-order chi connectivity index (χ0) is 13.9. The zero-order valence-electron chi connectivity index (χ0n) is 11.1. The molecule has 4 heteroatoms. The molecule has 0 atom stereocenters. The van der Waals surface area contributed by atoms with Crippen molar-refractivity contribution >= 4 is 28.4 Å². The highest BCUT2D eigenvalue weighted by Gasteiger charge is 2.19. The van der Waals surface area contributed by atoms with Gasteiger partial charge >= 0.3 is 0 Å². The standard InChI is InChI=1S/C16H17NO2S/c18-15-13-4-2-1-3-11(13)5-6-14(15)16(19)17-12-7-9-20-10-8-12/h1-6,12,18H,7-10H2,(H,17,19). The maximum absolute atomic E-state index is 12.3. The van der Waals surface area contributed by atoms with Gasteiger partial charge in [-0.2, -0.15) is 11.8 Å². The molecule has 3 rings (SSSR count). The monoisotopic (exact) mass is 287 g/mol. The van der Waals surface area contributed by atoms with Gasteiger partial charge in [-0.05, 0) is 35.8 Å².